The van der Waals surface area contributed by atoms with Gasteiger partial charge in [-0.3, -0.25) is 4.79 Å². The summed E-state index contributed by atoms with van der Waals surface area (Å²) in [6, 6.07) is 15.2. The van der Waals surface area contributed by atoms with Crippen LogP contribution in [0.1, 0.15) is 24.5 Å². The van der Waals surface area contributed by atoms with Gasteiger partial charge in [0.05, 0.1) is 29.7 Å². The molecule has 7 nitrogen and oxygen atoms in total. The van der Waals surface area contributed by atoms with Crippen LogP contribution in [0.3, 0.4) is 0 Å². The van der Waals surface area contributed by atoms with E-state index in [0.717, 1.165) is 21.9 Å². The van der Waals surface area contributed by atoms with Gasteiger partial charge in [0.1, 0.15) is 0 Å². The highest BCUT2D eigenvalue weighted by molar-refractivity contribution is 6.06. The highest BCUT2D eigenvalue weighted by atomic mass is 16.4. The first kappa shape index (κ1) is 20.2. The molecule has 3 N–H and O–H groups in total. The maximum atomic E-state index is 12.6. The Morgan fingerprint density at radius 2 is 1.97 bits per heavy atom. The quantitative estimate of drug-likeness (QED) is 0.461. The number of fused-ring (bicyclic) bond motifs is 2. The van der Waals surface area contributed by atoms with Crippen molar-refractivity contribution in [2.45, 2.75) is 32.0 Å². The Hall–Kier alpha value is -3.71. The van der Waals surface area contributed by atoms with Crippen molar-refractivity contribution in [2.75, 3.05) is 5.73 Å². The summed E-state index contributed by atoms with van der Waals surface area (Å²) in [5.74, 6) is -2.33. The van der Waals surface area contributed by atoms with Gasteiger partial charge in [-0.25, -0.2) is 4.57 Å². The number of carbonyl (C=O) groups excluding carboxylic acids is 2. The molecule has 1 aromatic heterocycles. The average molecular weight is 429 g/mol. The lowest BCUT2D eigenvalue weighted by molar-refractivity contribution is -0.688. The number of aromatic nitrogens is 1. The number of β-lactam (4-membered cyclic amide) rings is 1. The van der Waals surface area contributed by atoms with Crippen LogP contribution >= 0.6 is 0 Å². The molecule has 1 amide bonds. The number of nitrogen functional groups attached to an aromatic ring is 1. The number of benzene rings is 2. The Labute approximate surface area is 185 Å². The fourth-order valence-corrected chi connectivity index (χ4v) is 4.98. The Kier molecular flexibility index (Phi) is 4.71. The van der Waals surface area contributed by atoms with Crippen molar-refractivity contribution in [1.29, 1.82) is 0 Å². The molecule has 0 spiro atoms. The van der Waals surface area contributed by atoms with Crippen LogP contribution in [-0.4, -0.2) is 34.0 Å². The average Bonchev–Trinajstić information content (AvgIpc) is 3.10. The Balaban J connectivity index is 1.62. The first-order valence-electron chi connectivity index (χ1n) is 10.6. The molecule has 5 rings (SSSR count). The van der Waals surface area contributed by atoms with E-state index in [1.54, 1.807) is 6.92 Å². The van der Waals surface area contributed by atoms with Crippen molar-refractivity contribution in [3.05, 3.63) is 77.7 Å². The summed E-state index contributed by atoms with van der Waals surface area (Å²) < 4.78 is 2.00. The molecule has 1 fully saturated rings. The molecule has 3 heterocycles. The molecule has 3 atom stereocenters. The smallest absolute Gasteiger partial charge is 0.235 e. The lowest BCUT2D eigenvalue weighted by Gasteiger charge is -2.45. The van der Waals surface area contributed by atoms with E-state index in [1.807, 2.05) is 65.5 Å². The molecular formula is C25H23N3O4. The normalized spacial score (nSPS) is 20.9. The van der Waals surface area contributed by atoms with Crippen LogP contribution in [0.25, 0.3) is 16.3 Å². The lowest BCUT2D eigenvalue weighted by Crippen LogP contribution is -2.62. The second-order valence-corrected chi connectivity index (χ2v) is 8.52. The molecule has 32 heavy (non-hydrogen) atoms. The summed E-state index contributed by atoms with van der Waals surface area (Å²) >= 11 is 0. The zero-order chi connectivity index (χ0) is 22.6. The summed E-state index contributed by atoms with van der Waals surface area (Å²) in [5.41, 5.74) is 8.74. The number of carboxylic acids is 1. The van der Waals surface area contributed by atoms with Crippen LogP contribution in [-0.2, 0) is 16.1 Å². The minimum Gasteiger partial charge on any atom is -0.543 e. The lowest BCUT2D eigenvalue weighted by atomic mass is 9.82. The minimum absolute atomic E-state index is 0.0849. The molecule has 0 aliphatic carbocycles. The SMILES string of the molecule is C[C@H](O)[C@H]1C(=O)N2C(C(=O)[O-])=C(c3cc(C[n+]4ccc(N)cc4)c4ccccc4c3)C[C@H]12. The number of nitrogens with two attached hydrogens (primary N) is 1. The summed E-state index contributed by atoms with van der Waals surface area (Å²) in [4.78, 5) is 25.9. The molecule has 1 saturated heterocycles. The number of amides is 1. The van der Waals surface area contributed by atoms with Crippen LogP contribution in [0.4, 0.5) is 5.69 Å². The molecule has 2 aliphatic rings. The van der Waals surface area contributed by atoms with Crippen LogP contribution in [0.2, 0.25) is 0 Å². The van der Waals surface area contributed by atoms with Gasteiger partial charge in [0.25, 0.3) is 0 Å². The van der Waals surface area contributed by atoms with Crippen molar-refractivity contribution in [3.63, 3.8) is 0 Å². The van der Waals surface area contributed by atoms with Crippen molar-refractivity contribution < 1.29 is 24.4 Å². The minimum atomic E-state index is -1.37. The van der Waals surface area contributed by atoms with Gasteiger partial charge in [-0.2, -0.15) is 0 Å². The van der Waals surface area contributed by atoms with E-state index in [0.29, 0.717) is 24.2 Å². The second-order valence-electron chi connectivity index (χ2n) is 8.52. The van der Waals surface area contributed by atoms with E-state index >= 15 is 0 Å². The van der Waals surface area contributed by atoms with Crippen molar-refractivity contribution >= 4 is 33.9 Å². The number of carbonyl (C=O) groups is 2. The third kappa shape index (κ3) is 3.13. The number of anilines is 1. The fraction of sp³-hybridized carbons (Fsp3) is 0.240. The number of aliphatic hydroxyl groups is 1. The largest absolute Gasteiger partial charge is 0.543 e. The summed E-state index contributed by atoms with van der Waals surface area (Å²) in [5, 5.41) is 24.1. The predicted molar refractivity (Wildman–Crippen MR) is 116 cm³/mol. The molecular weight excluding hydrogens is 406 g/mol. The van der Waals surface area contributed by atoms with Crippen LogP contribution < -0.4 is 15.4 Å². The summed E-state index contributed by atoms with van der Waals surface area (Å²) in [6.45, 7) is 2.14. The van der Waals surface area contributed by atoms with E-state index < -0.39 is 18.0 Å². The fourth-order valence-electron chi connectivity index (χ4n) is 4.98. The molecule has 0 bridgehead atoms. The van der Waals surface area contributed by atoms with Gasteiger partial charge in [0.15, 0.2) is 18.9 Å². The van der Waals surface area contributed by atoms with E-state index in [9.17, 15) is 19.8 Å². The van der Waals surface area contributed by atoms with Crippen molar-refractivity contribution in [1.82, 2.24) is 4.90 Å². The van der Waals surface area contributed by atoms with E-state index in [2.05, 4.69) is 0 Å². The Morgan fingerprint density at radius 3 is 2.66 bits per heavy atom. The maximum absolute atomic E-state index is 12.6. The topological polar surface area (TPSA) is 111 Å². The number of aliphatic carboxylic acids is 1. The first-order chi connectivity index (χ1) is 15.3. The number of hydrogen-bond acceptors (Lipinski definition) is 5. The van der Waals surface area contributed by atoms with Gasteiger partial charge in [-0.1, -0.05) is 24.3 Å². The van der Waals surface area contributed by atoms with E-state index in [4.69, 9.17) is 5.73 Å². The molecule has 7 heteroatoms. The number of pyridine rings is 1. The van der Waals surface area contributed by atoms with Gasteiger partial charge >= 0.3 is 0 Å². The number of rotatable bonds is 5. The molecule has 0 saturated carbocycles. The first-order valence-corrected chi connectivity index (χ1v) is 10.6. The van der Waals surface area contributed by atoms with Crippen LogP contribution in [0, 0.1) is 5.92 Å². The van der Waals surface area contributed by atoms with Crippen molar-refractivity contribution in [3.8, 4) is 0 Å². The third-order valence-electron chi connectivity index (χ3n) is 6.49. The van der Waals surface area contributed by atoms with Crippen molar-refractivity contribution in [2.24, 2.45) is 5.92 Å². The third-order valence-corrected chi connectivity index (χ3v) is 6.49. The highest BCUT2D eigenvalue weighted by Crippen LogP contribution is 2.47. The van der Waals surface area contributed by atoms with Gasteiger partial charge in [-0.15, -0.1) is 0 Å². The Bertz CT molecular complexity index is 1280. The maximum Gasteiger partial charge on any atom is 0.235 e. The second kappa shape index (κ2) is 7.46. The Morgan fingerprint density at radius 1 is 1.25 bits per heavy atom. The zero-order valence-corrected chi connectivity index (χ0v) is 17.6. The molecule has 0 radical (unpaired) electrons. The molecule has 0 unspecified atom stereocenters. The number of carboxylic acid groups (broad SMARTS) is 1. The highest BCUT2D eigenvalue weighted by Gasteiger charge is 2.55. The molecule has 3 aromatic rings. The molecule has 2 aliphatic heterocycles. The van der Waals surface area contributed by atoms with Gasteiger partial charge in [-0.05, 0) is 47.4 Å². The van der Waals surface area contributed by atoms with Gasteiger partial charge < -0.3 is 25.6 Å². The number of nitrogens with zero attached hydrogens (tertiary/aromatic N) is 2. The summed E-state index contributed by atoms with van der Waals surface area (Å²) in [7, 11) is 0. The number of aliphatic hydroxyl groups excluding tert-OH is 1. The van der Waals surface area contributed by atoms with E-state index in [1.165, 1.54) is 4.90 Å². The number of hydrogen-bond donors (Lipinski definition) is 2. The van der Waals surface area contributed by atoms with Gasteiger partial charge in [0.2, 0.25) is 5.91 Å². The standard InChI is InChI=1S/C25H23N3O4/c1-14(29)22-21-12-20(23(25(31)32)28(21)24(22)30)16-10-15-4-2-3-5-19(15)17(11-16)13-27-8-6-18(26)7-9-27/h2-11,14,21-22,26,29H,12-13H2,1H3,(H,31,32)/t14-,21+,22+/m0/s1. The molecule has 162 valence electrons. The van der Waals surface area contributed by atoms with E-state index in [-0.39, 0.29) is 17.6 Å². The van der Waals surface area contributed by atoms with Crippen LogP contribution in [0.15, 0.2) is 66.6 Å². The van der Waals surface area contributed by atoms with Gasteiger partial charge in [0, 0.05) is 23.4 Å². The molecule has 2 aromatic carbocycles. The van der Waals surface area contributed by atoms with Crippen LogP contribution in [0.5, 0.6) is 0 Å². The monoisotopic (exact) mass is 429 g/mol. The summed E-state index contributed by atoms with van der Waals surface area (Å²) in [6.07, 6.45) is 3.34. The zero-order valence-electron chi connectivity index (χ0n) is 17.6. The predicted octanol–water partition coefficient (Wildman–Crippen LogP) is 0.830.